The van der Waals surface area contributed by atoms with Crippen LogP contribution in [0.4, 0.5) is 21.9 Å². The zero-order valence-corrected chi connectivity index (χ0v) is 12.3. The Balaban J connectivity index is 1.96. The quantitative estimate of drug-likeness (QED) is 0.846. The van der Waals surface area contributed by atoms with E-state index >= 15 is 0 Å². The molecule has 0 heterocycles. The van der Waals surface area contributed by atoms with Gasteiger partial charge in [-0.2, -0.15) is 0 Å². The third-order valence-electron chi connectivity index (χ3n) is 3.06. The van der Waals surface area contributed by atoms with Gasteiger partial charge >= 0.3 is 6.09 Å². The second-order valence-electron chi connectivity index (χ2n) is 4.60. The summed E-state index contributed by atoms with van der Waals surface area (Å²) in [6.45, 7) is 4.27. The molecule has 2 rings (SSSR count). The molecule has 0 atom stereocenters. The molecule has 2 N–H and O–H groups in total. The second-order valence-corrected chi connectivity index (χ2v) is 4.60. The molecule has 0 saturated carbocycles. The molecule has 4 heteroatoms. The van der Waals surface area contributed by atoms with E-state index in [0.29, 0.717) is 12.3 Å². The summed E-state index contributed by atoms with van der Waals surface area (Å²) in [5.41, 5.74) is 4.03. The van der Waals surface area contributed by atoms with Crippen molar-refractivity contribution in [3.63, 3.8) is 0 Å². The van der Waals surface area contributed by atoms with Gasteiger partial charge in [0, 0.05) is 17.1 Å². The van der Waals surface area contributed by atoms with Crippen LogP contribution >= 0.6 is 0 Å². The van der Waals surface area contributed by atoms with Crippen molar-refractivity contribution in [2.45, 2.75) is 20.3 Å². The Morgan fingerprint density at radius 3 is 1.95 bits per heavy atom. The van der Waals surface area contributed by atoms with Crippen molar-refractivity contribution in [2.24, 2.45) is 0 Å². The van der Waals surface area contributed by atoms with Gasteiger partial charge in [0.05, 0.1) is 6.61 Å². The monoisotopic (exact) mass is 284 g/mol. The van der Waals surface area contributed by atoms with Crippen molar-refractivity contribution in [3.05, 3.63) is 54.1 Å². The summed E-state index contributed by atoms with van der Waals surface area (Å²) in [5, 5.41) is 5.98. The molecule has 0 aromatic heterocycles. The summed E-state index contributed by atoms with van der Waals surface area (Å²) in [6, 6.07) is 15.8. The number of aryl methyl sites for hydroxylation is 1. The molecule has 0 bridgehead atoms. The van der Waals surface area contributed by atoms with Crippen LogP contribution in [0.5, 0.6) is 0 Å². The fraction of sp³-hybridized carbons (Fsp3) is 0.235. The van der Waals surface area contributed by atoms with Gasteiger partial charge in [-0.3, -0.25) is 5.32 Å². The molecular weight excluding hydrogens is 264 g/mol. The van der Waals surface area contributed by atoms with Crippen molar-refractivity contribution in [2.75, 3.05) is 17.2 Å². The molecule has 2 aromatic carbocycles. The highest BCUT2D eigenvalue weighted by molar-refractivity contribution is 5.84. The molecule has 2 aromatic rings. The summed E-state index contributed by atoms with van der Waals surface area (Å²) >= 11 is 0. The lowest BCUT2D eigenvalue weighted by Gasteiger charge is -2.09. The first-order valence-electron chi connectivity index (χ1n) is 7.11. The lowest BCUT2D eigenvalue weighted by atomic mass is 10.1. The number of rotatable bonds is 5. The number of carbonyl (C=O) groups excluding carboxylic acids is 1. The third-order valence-corrected chi connectivity index (χ3v) is 3.06. The Morgan fingerprint density at radius 2 is 1.43 bits per heavy atom. The maximum atomic E-state index is 11.3. The van der Waals surface area contributed by atoms with Crippen LogP contribution in [0.1, 0.15) is 19.4 Å². The van der Waals surface area contributed by atoms with Gasteiger partial charge in [0.1, 0.15) is 0 Å². The van der Waals surface area contributed by atoms with Crippen LogP contribution in [0, 0.1) is 0 Å². The van der Waals surface area contributed by atoms with E-state index in [1.807, 2.05) is 24.3 Å². The number of carbonyl (C=O) groups is 1. The molecule has 0 saturated heterocycles. The average molecular weight is 284 g/mol. The first-order valence-corrected chi connectivity index (χ1v) is 7.11. The van der Waals surface area contributed by atoms with Crippen molar-refractivity contribution in [1.82, 2.24) is 0 Å². The van der Waals surface area contributed by atoms with E-state index in [9.17, 15) is 4.79 Å². The highest BCUT2D eigenvalue weighted by atomic mass is 16.5. The first kappa shape index (κ1) is 14.9. The van der Waals surface area contributed by atoms with E-state index in [1.165, 1.54) is 5.56 Å². The topological polar surface area (TPSA) is 50.4 Å². The average Bonchev–Trinajstić information content (AvgIpc) is 2.50. The molecule has 0 unspecified atom stereocenters. The van der Waals surface area contributed by atoms with Crippen molar-refractivity contribution in [1.29, 1.82) is 0 Å². The Hall–Kier alpha value is -2.49. The van der Waals surface area contributed by atoms with E-state index in [2.05, 4.69) is 41.8 Å². The van der Waals surface area contributed by atoms with Crippen LogP contribution in [-0.4, -0.2) is 12.7 Å². The zero-order chi connectivity index (χ0) is 15.1. The van der Waals surface area contributed by atoms with E-state index in [1.54, 1.807) is 6.92 Å². The van der Waals surface area contributed by atoms with Gasteiger partial charge in [0.25, 0.3) is 0 Å². The summed E-state index contributed by atoms with van der Waals surface area (Å²) in [7, 11) is 0. The van der Waals surface area contributed by atoms with Crippen LogP contribution in [0.3, 0.4) is 0 Å². The maximum Gasteiger partial charge on any atom is 0.411 e. The minimum Gasteiger partial charge on any atom is -0.450 e. The summed E-state index contributed by atoms with van der Waals surface area (Å²) in [6.07, 6.45) is 0.600. The van der Waals surface area contributed by atoms with Crippen molar-refractivity contribution >= 4 is 23.2 Å². The lowest BCUT2D eigenvalue weighted by molar-refractivity contribution is 0.168. The highest BCUT2D eigenvalue weighted by Gasteiger charge is 2.01. The van der Waals surface area contributed by atoms with E-state index in [-0.39, 0.29) is 0 Å². The molecule has 0 fully saturated rings. The maximum absolute atomic E-state index is 11.3. The summed E-state index contributed by atoms with van der Waals surface area (Å²) in [4.78, 5) is 11.3. The van der Waals surface area contributed by atoms with E-state index in [4.69, 9.17) is 4.74 Å². The number of ether oxygens (including phenoxy) is 1. The Labute approximate surface area is 125 Å². The van der Waals surface area contributed by atoms with E-state index in [0.717, 1.165) is 17.8 Å². The van der Waals surface area contributed by atoms with Crippen LogP contribution in [-0.2, 0) is 11.2 Å². The predicted molar refractivity (Wildman–Crippen MR) is 86.2 cm³/mol. The Bertz CT molecular complexity index is 577. The number of anilines is 3. The van der Waals surface area contributed by atoms with Crippen LogP contribution in [0.25, 0.3) is 0 Å². The van der Waals surface area contributed by atoms with Gasteiger partial charge < -0.3 is 10.1 Å². The predicted octanol–water partition coefficient (Wildman–Crippen LogP) is 4.56. The second kappa shape index (κ2) is 7.33. The highest BCUT2D eigenvalue weighted by Crippen LogP contribution is 2.19. The molecule has 1 amide bonds. The van der Waals surface area contributed by atoms with Crippen LogP contribution in [0.2, 0.25) is 0 Å². The minimum atomic E-state index is -0.437. The smallest absolute Gasteiger partial charge is 0.411 e. The number of hydrogen-bond acceptors (Lipinski definition) is 3. The lowest BCUT2D eigenvalue weighted by Crippen LogP contribution is -2.13. The number of benzene rings is 2. The summed E-state index contributed by atoms with van der Waals surface area (Å²) in [5.74, 6) is 0. The standard InChI is InChI=1S/C17H20N2O2/c1-3-13-5-7-14(8-6-13)18-15-9-11-16(12-10-15)19-17(20)21-4-2/h5-12,18H,3-4H2,1-2H3,(H,19,20). The molecule has 0 aliphatic rings. The molecular formula is C17H20N2O2. The van der Waals surface area contributed by atoms with Gasteiger partial charge in [-0.05, 0) is 55.3 Å². The van der Waals surface area contributed by atoms with Crippen molar-refractivity contribution in [3.8, 4) is 0 Å². The van der Waals surface area contributed by atoms with Crippen LogP contribution in [0.15, 0.2) is 48.5 Å². The van der Waals surface area contributed by atoms with Gasteiger partial charge in [-0.15, -0.1) is 0 Å². The largest absolute Gasteiger partial charge is 0.450 e. The van der Waals surface area contributed by atoms with Gasteiger partial charge in [0.15, 0.2) is 0 Å². The van der Waals surface area contributed by atoms with Crippen LogP contribution < -0.4 is 10.6 Å². The number of nitrogens with one attached hydrogen (secondary N) is 2. The number of amides is 1. The number of hydrogen-bond donors (Lipinski definition) is 2. The van der Waals surface area contributed by atoms with E-state index < -0.39 is 6.09 Å². The molecule has 4 nitrogen and oxygen atoms in total. The molecule has 0 spiro atoms. The fourth-order valence-electron chi connectivity index (χ4n) is 1.91. The van der Waals surface area contributed by atoms with Gasteiger partial charge in [-0.25, -0.2) is 4.79 Å². The molecule has 0 aliphatic heterocycles. The molecule has 110 valence electrons. The van der Waals surface area contributed by atoms with Gasteiger partial charge in [-0.1, -0.05) is 19.1 Å². The third kappa shape index (κ3) is 4.53. The Kier molecular flexibility index (Phi) is 5.21. The first-order chi connectivity index (χ1) is 10.2. The molecule has 0 radical (unpaired) electrons. The minimum absolute atomic E-state index is 0.360. The van der Waals surface area contributed by atoms with Gasteiger partial charge in [0.2, 0.25) is 0 Å². The van der Waals surface area contributed by atoms with Crippen molar-refractivity contribution < 1.29 is 9.53 Å². The normalized spacial score (nSPS) is 10.0. The molecule has 0 aliphatic carbocycles. The fourth-order valence-corrected chi connectivity index (χ4v) is 1.91. The zero-order valence-electron chi connectivity index (χ0n) is 12.3. The summed E-state index contributed by atoms with van der Waals surface area (Å²) < 4.78 is 4.83. The molecule has 21 heavy (non-hydrogen) atoms. The SMILES string of the molecule is CCOC(=O)Nc1ccc(Nc2ccc(CC)cc2)cc1. The Morgan fingerprint density at radius 1 is 0.905 bits per heavy atom.